The van der Waals surface area contributed by atoms with E-state index >= 15 is 0 Å². The summed E-state index contributed by atoms with van der Waals surface area (Å²) in [5.74, 6) is -0.0165. The zero-order valence-corrected chi connectivity index (χ0v) is 13.7. The van der Waals surface area contributed by atoms with Crippen molar-refractivity contribution < 1.29 is 14.3 Å². The molecular formula is C16H17N3O3S. The van der Waals surface area contributed by atoms with Gasteiger partial charge >= 0.3 is 0 Å². The molecule has 0 saturated carbocycles. The third-order valence-corrected chi connectivity index (χ3v) is 4.47. The van der Waals surface area contributed by atoms with Crippen molar-refractivity contribution in [3.8, 4) is 5.75 Å². The third-order valence-electron chi connectivity index (χ3n) is 3.78. The Morgan fingerprint density at radius 1 is 1.48 bits per heavy atom. The van der Waals surface area contributed by atoms with Crippen LogP contribution in [0.15, 0.2) is 29.8 Å². The Balaban J connectivity index is 1.77. The molecule has 1 aromatic carbocycles. The van der Waals surface area contributed by atoms with Crippen molar-refractivity contribution in [1.82, 2.24) is 4.98 Å². The summed E-state index contributed by atoms with van der Waals surface area (Å²) >= 11 is 1.35. The van der Waals surface area contributed by atoms with Crippen molar-refractivity contribution >= 4 is 34.0 Å². The number of nitrogens with one attached hydrogen (secondary N) is 1. The minimum Gasteiger partial charge on any atom is -0.495 e. The molecule has 0 spiro atoms. The molecule has 1 aromatic heterocycles. The summed E-state index contributed by atoms with van der Waals surface area (Å²) in [5.41, 5.74) is 1.74. The molecule has 0 unspecified atom stereocenters. The molecule has 1 saturated heterocycles. The van der Waals surface area contributed by atoms with Gasteiger partial charge in [-0.1, -0.05) is 6.07 Å². The van der Waals surface area contributed by atoms with Gasteiger partial charge in [0.1, 0.15) is 5.75 Å². The molecule has 2 heterocycles. The van der Waals surface area contributed by atoms with Gasteiger partial charge in [0.25, 0.3) is 0 Å². The molecule has 1 N–H and O–H groups in total. The van der Waals surface area contributed by atoms with Gasteiger partial charge in [-0.3, -0.25) is 9.59 Å². The molecule has 120 valence electrons. The Labute approximate surface area is 138 Å². The first-order valence-electron chi connectivity index (χ1n) is 7.24. The molecule has 0 radical (unpaired) electrons. The maximum absolute atomic E-state index is 12.3. The van der Waals surface area contributed by atoms with Crippen LogP contribution in [-0.2, 0) is 9.59 Å². The van der Waals surface area contributed by atoms with Crippen LogP contribution in [0.3, 0.4) is 0 Å². The van der Waals surface area contributed by atoms with Gasteiger partial charge in [0.2, 0.25) is 11.8 Å². The number of methoxy groups -OCH3 is 1. The number of thiazole rings is 1. The number of rotatable bonds is 4. The Morgan fingerprint density at radius 2 is 2.30 bits per heavy atom. The average molecular weight is 331 g/mol. The molecule has 23 heavy (non-hydrogen) atoms. The van der Waals surface area contributed by atoms with Gasteiger partial charge in [0.05, 0.1) is 18.7 Å². The molecule has 1 fully saturated rings. The summed E-state index contributed by atoms with van der Waals surface area (Å²) in [6.07, 6.45) is 1.82. The predicted octanol–water partition coefficient (Wildman–Crippen LogP) is 2.45. The SMILES string of the molecule is COc1ccc(C)cc1N1C[C@@H](C(=O)Nc2nccs2)CC1=O. The van der Waals surface area contributed by atoms with Gasteiger partial charge in [-0.2, -0.15) is 0 Å². The first kappa shape index (κ1) is 15.5. The lowest BCUT2D eigenvalue weighted by Crippen LogP contribution is -2.28. The minimum absolute atomic E-state index is 0.0758. The lowest BCUT2D eigenvalue weighted by Gasteiger charge is -2.20. The fourth-order valence-corrected chi connectivity index (χ4v) is 3.15. The summed E-state index contributed by atoms with van der Waals surface area (Å²) in [6, 6.07) is 5.66. The van der Waals surface area contributed by atoms with Crippen LogP contribution in [0.1, 0.15) is 12.0 Å². The van der Waals surface area contributed by atoms with E-state index in [2.05, 4.69) is 10.3 Å². The molecular weight excluding hydrogens is 314 g/mol. The van der Waals surface area contributed by atoms with Crippen molar-refractivity contribution in [2.75, 3.05) is 23.9 Å². The predicted molar refractivity (Wildman–Crippen MR) is 88.9 cm³/mol. The molecule has 2 aromatic rings. The van der Waals surface area contributed by atoms with E-state index in [1.165, 1.54) is 11.3 Å². The van der Waals surface area contributed by atoms with Crippen LogP contribution >= 0.6 is 11.3 Å². The van der Waals surface area contributed by atoms with E-state index in [0.717, 1.165) is 5.56 Å². The van der Waals surface area contributed by atoms with Gasteiger partial charge in [0, 0.05) is 24.5 Å². The summed E-state index contributed by atoms with van der Waals surface area (Å²) in [4.78, 5) is 30.3. The fourth-order valence-electron chi connectivity index (χ4n) is 2.62. The number of hydrogen-bond acceptors (Lipinski definition) is 5. The summed E-state index contributed by atoms with van der Waals surface area (Å²) < 4.78 is 5.34. The van der Waals surface area contributed by atoms with Crippen molar-refractivity contribution in [3.05, 3.63) is 35.3 Å². The summed E-state index contributed by atoms with van der Waals surface area (Å²) in [6.45, 7) is 2.30. The lowest BCUT2D eigenvalue weighted by atomic mass is 10.1. The van der Waals surface area contributed by atoms with E-state index in [1.54, 1.807) is 23.6 Å². The van der Waals surface area contributed by atoms with E-state index in [1.807, 2.05) is 25.1 Å². The zero-order chi connectivity index (χ0) is 16.4. The first-order chi connectivity index (χ1) is 11.1. The number of aromatic nitrogens is 1. The lowest BCUT2D eigenvalue weighted by molar-refractivity contribution is -0.122. The van der Waals surface area contributed by atoms with Crippen LogP contribution in [0, 0.1) is 12.8 Å². The number of aryl methyl sites for hydroxylation is 1. The minimum atomic E-state index is -0.392. The Kier molecular flexibility index (Phi) is 4.29. The van der Waals surface area contributed by atoms with Gasteiger partial charge in [-0.05, 0) is 24.6 Å². The fraction of sp³-hybridized carbons (Fsp3) is 0.312. The topological polar surface area (TPSA) is 71.5 Å². The number of carbonyl (C=O) groups is 2. The first-order valence-corrected chi connectivity index (χ1v) is 8.12. The monoisotopic (exact) mass is 331 g/mol. The maximum Gasteiger partial charge on any atom is 0.231 e. The second kappa shape index (κ2) is 6.37. The molecule has 3 rings (SSSR count). The highest BCUT2D eigenvalue weighted by molar-refractivity contribution is 7.13. The third kappa shape index (κ3) is 3.19. The van der Waals surface area contributed by atoms with Crippen molar-refractivity contribution in [2.45, 2.75) is 13.3 Å². The second-order valence-corrected chi connectivity index (χ2v) is 6.30. The van der Waals surface area contributed by atoms with Gasteiger partial charge < -0.3 is 15.0 Å². The van der Waals surface area contributed by atoms with Gasteiger partial charge in [-0.25, -0.2) is 4.98 Å². The normalized spacial score (nSPS) is 17.4. The average Bonchev–Trinajstić information content (AvgIpc) is 3.16. The highest BCUT2D eigenvalue weighted by atomic mass is 32.1. The molecule has 0 aliphatic carbocycles. The Bertz CT molecular complexity index is 730. The highest BCUT2D eigenvalue weighted by Crippen LogP contribution is 2.34. The standard InChI is InChI=1S/C16H17N3O3S/c1-10-3-4-13(22-2)12(7-10)19-9-11(8-14(19)20)15(21)18-16-17-5-6-23-16/h3-7,11H,8-9H2,1-2H3,(H,17,18,21)/t11-/m0/s1. The van der Waals surface area contributed by atoms with Crippen molar-refractivity contribution in [3.63, 3.8) is 0 Å². The Morgan fingerprint density at radius 3 is 3.00 bits per heavy atom. The summed E-state index contributed by atoms with van der Waals surface area (Å²) in [5, 5.41) is 5.10. The van der Waals surface area contributed by atoms with Gasteiger partial charge in [0.15, 0.2) is 5.13 Å². The molecule has 2 amide bonds. The number of nitrogens with zero attached hydrogens (tertiary/aromatic N) is 2. The van der Waals surface area contributed by atoms with Crippen LogP contribution in [0.2, 0.25) is 0 Å². The van der Waals surface area contributed by atoms with E-state index in [0.29, 0.717) is 23.1 Å². The quantitative estimate of drug-likeness (QED) is 0.934. The molecule has 1 aliphatic rings. The molecule has 7 heteroatoms. The van der Waals surface area contributed by atoms with Crippen LogP contribution in [0.25, 0.3) is 0 Å². The smallest absolute Gasteiger partial charge is 0.231 e. The summed E-state index contributed by atoms with van der Waals surface area (Å²) in [7, 11) is 1.57. The number of ether oxygens (including phenoxy) is 1. The van der Waals surface area contributed by atoms with Crippen molar-refractivity contribution in [1.29, 1.82) is 0 Å². The van der Waals surface area contributed by atoms with Crippen LogP contribution < -0.4 is 15.0 Å². The zero-order valence-electron chi connectivity index (χ0n) is 12.9. The van der Waals surface area contributed by atoms with Gasteiger partial charge in [-0.15, -0.1) is 11.3 Å². The van der Waals surface area contributed by atoms with Crippen LogP contribution in [0.4, 0.5) is 10.8 Å². The molecule has 6 nitrogen and oxygen atoms in total. The number of carbonyl (C=O) groups excluding carboxylic acids is 2. The number of anilines is 2. The molecule has 0 bridgehead atoms. The Hall–Kier alpha value is -2.41. The molecule has 1 aliphatic heterocycles. The van der Waals surface area contributed by atoms with E-state index in [9.17, 15) is 9.59 Å². The number of amides is 2. The van der Waals surface area contributed by atoms with E-state index in [-0.39, 0.29) is 18.2 Å². The maximum atomic E-state index is 12.3. The highest BCUT2D eigenvalue weighted by Gasteiger charge is 2.36. The largest absolute Gasteiger partial charge is 0.495 e. The van der Waals surface area contributed by atoms with Crippen molar-refractivity contribution in [2.24, 2.45) is 5.92 Å². The van der Waals surface area contributed by atoms with E-state index in [4.69, 9.17) is 4.74 Å². The van der Waals surface area contributed by atoms with Crippen LogP contribution in [-0.4, -0.2) is 30.5 Å². The second-order valence-electron chi connectivity index (χ2n) is 5.41. The van der Waals surface area contributed by atoms with E-state index < -0.39 is 5.92 Å². The number of hydrogen-bond donors (Lipinski definition) is 1. The number of benzene rings is 1. The molecule has 1 atom stereocenters. The van der Waals surface area contributed by atoms with Crippen LogP contribution in [0.5, 0.6) is 5.75 Å².